The van der Waals surface area contributed by atoms with Crippen LogP contribution in [0.25, 0.3) is 0 Å². The normalized spacial score (nSPS) is 11.5. The SMILES string of the molecule is O=[N+]([O-])c1cc(C(F)(F)F)cc([N+](=O)[O-])c1Oc1c(Br)cc(Br)cc1/C=N\OCc1ccccc1Cl. The standard InChI is InChI=1S/C21H11Br2ClF3N3O6/c22-14-5-12(9-28-35-10-11-3-1-2-4-16(11)24)19(15(23)8-14)36-20-17(29(31)32)6-13(21(25,26)27)7-18(20)30(33)34/h1-9H,10H2/b28-9-. The molecule has 3 aromatic rings. The van der Waals surface area contributed by atoms with Crippen molar-refractivity contribution in [2.24, 2.45) is 5.16 Å². The molecule has 3 rings (SSSR count). The van der Waals surface area contributed by atoms with Gasteiger partial charge >= 0.3 is 17.6 Å². The minimum absolute atomic E-state index is 0.00259. The number of oxime groups is 1. The fourth-order valence-corrected chi connectivity index (χ4v) is 4.37. The Kier molecular flexibility index (Phi) is 8.53. The molecule has 0 aliphatic heterocycles. The second kappa shape index (κ2) is 11.2. The van der Waals surface area contributed by atoms with Crippen LogP contribution in [0.2, 0.25) is 5.02 Å². The molecule has 0 heterocycles. The maximum atomic E-state index is 13.2. The van der Waals surface area contributed by atoms with Crippen LogP contribution in [-0.4, -0.2) is 16.1 Å². The Morgan fingerprint density at radius 1 is 1.00 bits per heavy atom. The van der Waals surface area contributed by atoms with Crippen molar-refractivity contribution in [3.05, 3.63) is 99.4 Å². The summed E-state index contributed by atoms with van der Waals surface area (Å²) in [6, 6.07) is 10.1. The van der Waals surface area contributed by atoms with Gasteiger partial charge in [-0.15, -0.1) is 0 Å². The van der Waals surface area contributed by atoms with Crippen molar-refractivity contribution in [1.82, 2.24) is 0 Å². The first-order chi connectivity index (χ1) is 16.9. The Balaban J connectivity index is 2.03. The topological polar surface area (TPSA) is 117 Å². The Morgan fingerprint density at radius 2 is 1.61 bits per heavy atom. The monoisotopic (exact) mass is 651 g/mol. The predicted molar refractivity (Wildman–Crippen MR) is 131 cm³/mol. The van der Waals surface area contributed by atoms with Crippen molar-refractivity contribution in [3.8, 4) is 11.5 Å². The summed E-state index contributed by atoms with van der Waals surface area (Å²) in [6.45, 7) is -0.00259. The number of halogens is 6. The summed E-state index contributed by atoms with van der Waals surface area (Å²) >= 11 is 12.5. The highest BCUT2D eigenvalue weighted by Crippen LogP contribution is 2.46. The van der Waals surface area contributed by atoms with Crippen LogP contribution < -0.4 is 4.74 Å². The Morgan fingerprint density at radius 3 is 2.17 bits per heavy atom. The van der Waals surface area contributed by atoms with Crippen LogP contribution in [0.5, 0.6) is 11.5 Å². The summed E-state index contributed by atoms with van der Waals surface area (Å²) in [7, 11) is 0. The second-order valence-electron chi connectivity index (χ2n) is 6.86. The molecule has 0 unspecified atom stereocenters. The Labute approximate surface area is 222 Å². The van der Waals surface area contributed by atoms with Crippen molar-refractivity contribution in [2.75, 3.05) is 0 Å². The van der Waals surface area contributed by atoms with Gasteiger partial charge < -0.3 is 9.57 Å². The van der Waals surface area contributed by atoms with Crippen molar-refractivity contribution in [3.63, 3.8) is 0 Å². The summed E-state index contributed by atoms with van der Waals surface area (Å²) in [5.41, 5.74) is -3.30. The molecule has 36 heavy (non-hydrogen) atoms. The van der Waals surface area contributed by atoms with Crippen LogP contribution in [0.1, 0.15) is 16.7 Å². The molecule has 9 nitrogen and oxygen atoms in total. The summed E-state index contributed by atoms with van der Waals surface area (Å²) in [4.78, 5) is 25.9. The third-order valence-electron chi connectivity index (χ3n) is 4.46. The highest BCUT2D eigenvalue weighted by atomic mass is 79.9. The third kappa shape index (κ3) is 6.50. The number of nitro benzene ring substituents is 2. The highest BCUT2D eigenvalue weighted by molar-refractivity contribution is 9.11. The summed E-state index contributed by atoms with van der Waals surface area (Å²) in [5.74, 6) is -1.19. The molecular formula is C21H11Br2ClF3N3O6. The van der Waals surface area contributed by atoms with E-state index < -0.39 is 38.7 Å². The van der Waals surface area contributed by atoms with Gasteiger partial charge in [0.15, 0.2) is 5.75 Å². The number of nitro groups is 2. The minimum Gasteiger partial charge on any atom is -0.442 e. The van der Waals surface area contributed by atoms with Crippen molar-refractivity contribution < 1.29 is 32.6 Å². The lowest BCUT2D eigenvalue weighted by Crippen LogP contribution is -2.08. The zero-order chi connectivity index (χ0) is 26.6. The largest absolute Gasteiger partial charge is 0.442 e. The van der Waals surface area contributed by atoms with Crippen LogP contribution >= 0.6 is 43.5 Å². The first-order valence-corrected chi connectivity index (χ1v) is 11.4. The molecular weight excluding hydrogens is 643 g/mol. The first-order valence-electron chi connectivity index (χ1n) is 9.48. The predicted octanol–water partition coefficient (Wildman–Crippen LogP) is 8.04. The molecule has 0 bridgehead atoms. The molecule has 0 aliphatic carbocycles. The molecule has 0 saturated carbocycles. The van der Waals surface area contributed by atoms with Gasteiger partial charge in [0.25, 0.3) is 5.75 Å². The zero-order valence-electron chi connectivity index (χ0n) is 17.5. The van der Waals surface area contributed by atoms with Crippen LogP contribution in [0.4, 0.5) is 24.5 Å². The Hall–Kier alpha value is -3.23. The van der Waals surface area contributed by atoms with E-state index in [1.807, 2.05) is 0 Å². The van der Waals surface area contributed by atoms with Gasteiger partial charge in [0.2, 0.25) is 0 Å². The molecule has 0 N–H and O–H groups in total. The molecule has 15 heteroatoms. The van der Waals surface area contributed by atoms with Gasteiger partial charge in [0, 0.05) is 32.8 Å². The van der Waals surface area contributed by atoms with E-state index in [9.17, 15) is 33.4 Å². The van der Waals surface area contributed by atoms with Gasteiger partial charge in [-0.1, -0.05) is 50.9 Å². The first kappa shape index (κ1) is 27.4. The van der Waals surface area contributed by atoms with E-state index >= 15 is 0 Å². The van der Waals surface area contributed by atoms with Crippen LogP contribution in [0.15, 0.2) is 62.6 Å². The number of nitrogens with zero attached hydrogens (tertiary/aromatic N) is 3. The molecule has 0 atom stereocenters. The van der Waals surface area contributed by atoms with Crippen LogP contribution in [0.3, 0.4) is 0 Å². The van der Waals surface area contributed by atoms with Crippen LogP contribution in [-0.2, 0) is 17.6 Å². The molecule has 0 fully saturated rings. The molecule has 188 valence electrons. The van der Waals surface area contributed by atoms with E-state index in [0.717, 1.165) is 6.21 Å². The van der Waals surface area contributed by atoms with Gasteiger partial charge in [-0.2, -0.15) is 13.2 Å². The van der Waals surface area contributed by atoms with E-state index in [0.29, 0.717) is 15.1 Å². The lowest BCUT2D eigenvalue weighted by atomic mass is 10.1. The van der Waals surface area contributed by atoms with Crippen molar-refractivity contribution >= 4 is 61.1 Å². The lowest BCUT2D eigenvalue weighted by molar-refractivity contribution is -0.396. The van der Waals surface area contributed by atoms with E-state index in [2.05, 4.69) is 37.0 Å². The van der Waals surface area contributed by atoms with Gasteiger partial charge in [0.1, 0.15) is 6.61 Å². The van der Waals surface area contributed by atoms with Crippen LogP contribution in [0, 0.1) is 20.2 Å². The van der Waals surface area contributed by atoms with E-state index in [1.54, 1.807) is 24.3 Å². The molecule has 0 spiro atoms. The zero-order valence-corrected chi connectivity index (χ0v) is 21.4. The average molecular weight is 654 g/mol. The average Bonchev–Trinajstić information content (AvgIpc) is 2.78. The van der Waals surface area contributed by atoms with Gasteiger partial charge in [0.05, 0.1) is 26.1 Å². The number of hydrogen-bond acceptors (Lipinski definition) is 7. The number of ether oxygens (including phenoxy) is 1. The fourth-order valence-electron chi connectivity index (χ4n) is 2.84. The van der Waals surface area contributed by atoms with Crippen molar-refractivity contribution in [2.45, 2.75) is 12.8 Å². The van der Waals surface area contributed by atoms with Gasteiger partial charge in [-0.25, -0.2) is 0 Å². The number of rotatable bonds is 8. The number of benzene rings is 3. The molecule has 3 aromatic carbocycles. The maximum Gasteiger partial charge on any atom is 0.416 e. The molecule has 0 saturated heterocycles. The number of hydrogen-bond donors (Lipinski definition) is 0. The van der Waals surface area contributed by atoms with E-state index in [-0.39, 0.29) is 34.5 Å². The summed E-state index contributed by atoms with van der Waals surface area (Å²) in [6.07, 6.45) is -3.91. The second-order valence-corrected chi connectivity index (χ2v) is 9.04. The van der Waals surface area contributed by atoms with E-state index in [1.165, 1.54) is 12.1 Å². The van der Waals surface area contributed by atoms with E-state index in [4.69, 9.17) is 21.2 Å². The highest BCUT2D eigenvalue weighted by Gasteiger charge is 2.39. The smallest absolute Gasteiger partial charge is 0.416 e. The maximum absolute atomic E-state index is 13.2. The van der Waals surface area contributed by atoms with Gasteiger partial charge in [-0.05, 0) is 34.1 Å². The van der Waals surface area contributed by atoms with Crippen molar-refractivity contribution in [1.29, 1.82) is 0 Å². The van der Waals surface area contributed by atoms with Gasteiger partial charge in [-0.3, -0.25) is 20.2 Å². The minimum atomic E-state index is -5.07. The molecule has 0 radical (unpaired) electrons. The Bertz CT molecular complexity index is 1340. The quantitative estimate of drug-likeness (QED) is 0.138. The third-order valence-corrected chi connectivity index (χ3v) is 5.87. The fraction of sp³-hybridized carbons (Fsp3) is 0.0952. The molecule has 0 aliphatic rings. The molecule has 0 amide bonds. The number of alkyl halides is 3. The molecule has 0 aromatic heterocycles. The lowest BCUT2D eigenvalue weighted by Gasteiger charge is -2.13. The summed E-state index contributed by atoms with van der Waals surface area (Å²) < 4.78 is 45.7. The summed E-state index contributed by atoms with van der Waals surface area (Å²) in [5, 5.41) is 27.3.